The van der Waals surface area contributed by atoms with Crippen LogP contribution in [0.2, 0.25) is 0 Å². The third-order valence-electron chi connectivity index (χ3n) is 5.91. The molecular formula is C30H34N2O3. The molecule has 1 fully saturated rings. The molecule has 4 rings (SSSR count). The van der Waals surface area contributed by atoms with Crippen molar-refractivity contribution in [3.63, 3.8) is 0 Å². The predicted molar refractivity (Wildman–Crippen MR) is 144 cm³/mol. The Morgan fingerprint density at radius 3 is 2.43 bits per heavy atom. The van der Waals surface area contributed by atoms with Crippen LogP contribution in [-0.4, -0.2) is 39.1 Å². The average Bonchev–Trinajstić information content (AvgIpc) is 2.89. The Kier molecular flexibility index (Phi) is 8.58. The zero-order chi connectivity index (χ0) is 24.5. The third-order valence-corrected chi connectivity index (χ3v) is 5.91. The zero-order valence-electron chi connectivity index (χ0n) is 20.7. The van der Waals surface area contributed by atoms with E-state index in [1.54, 1.807) is 0 Å². The molecule has 0 spiro atoms. The molecule has 0 aromatic heterocycles. The Hall–Kier alpha value is -3.57. The molecule has 0 aliphatic carbocycles. The number of benzene rings is 3. The van der Waals surface area contributed by atoms with Crippen LogP contribution in [0.4, 0.5) is 11.4 Å². The van der Waals surface area contributed by atoms with Crippen molar-refractivity contribution in [2.45, 2.75) is 26.9 Å². The lowest BCUT2D eigenvalue weighted by atomic mass is 10.1. The summed E-state index contributed by atoms with van der Waals surface area (Å²) in [7, 11) is 0. The van der Waals surface area contributed by atoms with Gasteiger partial charge in [0.05, 0.1) is 25.5 Å². The van der Waals surface area contributed by atoms with Gasteiger partial charge in [0, 0.05) is 30.6 Å². The number of hydrogen-bond donors (Lipinski definition) is 0. The minimum absolute atomic E-state index is 0.480. The van der Waals surface area contributed by atoms with Gasteiger partial charge in [-0.25, -0.2) is 0 Å². The standard InChI is InChI=1S/C30H34N2O3/c1-4-6-26-19-25(21-31-27-11-13-28(14-12-27)32-15-17-33-18-16-32)20-29(34-5-2)30(26)35-22-24-9-7-23(3)8-10-24/h4,7-14,19-21H,1,5-6,15-18,22H2,2-3H3. The van der Waals surface area contributed by atoms with Gasteiger partial charge in [-0.05, 0) is 67.8 Å². The molecule has 0 unspecified atom stereocenters. The maximum absolute atomic E-state index is 6.26. The normalized spacial score (nSPS) is 13.7. The number of ether oxygens (including phenoxy) is 3. The number of aryl methyl sites for hydroxylation is 1. The number of anilines is 1. The first-order chi connectivity index (χ1) is 17.2. The summed E-state index contributed by atoms with van der Waals surface area (Å²) >= 11 is 0. The largest absolute Gasteiger partial charge is 0.490 e. The van der Waals surface area contributed by atoms with Crippen molar-refractivity contribution >= 4 is 17.6 Å². The first-order valence-electron chi connectivity index (χ1n) is 12.2. The average molecular weight is 471 g/mol. The quantitative estimate of drug-likeness (QED) is 0.258. The highest BCUT2D eigenvalue weighted by molar-refractivity contribution is 5.84. The fraction of sp³-hybridized carbons (Fsp3) is 0.300. The van der Waals surface area contributed by atoms with Gasteiger partial charge in [-0.3, -0.25) is 4.99 Å². The number of hydrogen-bond acceptors (Lipinski definition) is 5. The Balaban J connectivity index is 1.53. The first kappa shape index (κ1) is 24.6. The van der Waals surface area contributed by atoms with E-state index in [1.165, 1.54) is 11.3 Å². The van der Waals surface area contributed by atoms with E-state index < -0.39 is 0 Å². The van der Waals surface area contributed by atoms with E-state index in [4.69, 9.17) is 19.2 Å². The number of nitrogens with zero attached hydrogens (tertiary/aromatic N) is 2. The van der Waals surface area contributed by atoms with Gasteiger partial charge in [-0.15, -0.1) is 6.58 Å². The van der Waals surface area contributed by atoms with Crippen molar-refractivity contribution in [3.05, 3.63) is 95.6 Å². The van der Waals surface area contributed by atoms with Crippen molar-refractivity contribution in [2.75, 3.05) is 37.8 Å². The van der Waals surface area contributed by atoms with Gasteiger partial charge in [-0.2, -0.15) is 0 Å². The number of rotatable bonds is 10. The molecule has 0 saturated carbocycles. The molecule has 0 radical (unpaired) electrons. The second kappa shape index (κ2) is 12.2. The molecule has 1 heterocycles. The summed E-state index contributed by atoms with van der Waals surface area (Å²) in [5, 5.41) is 0. The molecule has 1 saturated heterocycles. The van der Waals surface area contributed by atoms with E-state index in [0.717, 1.165) is 60.2 Å². The summed E-state index contributed by atoms with van der Waals surface area (Å²) in [5.41, 5.74) is 6.45. The summed E-state index contributed by atoms with van der Waals surface area (Å²) in [6.45, 7) is 12.4. The van der Waals surface area contributed by atoms with Crippen LogP contribution in [0.15, 0.2) is 78.3 Å². The molecule has 5 heteroatoms. The molecule has 5 nitrogen and oxygen atoms in total. The highest BCUT2D eigenvalue weighted by atomic mass is 16.5. The van der Waals surface area contributed by atoms with E-state index >= 15 is 0 Å². The number of morpholine rings is 1. The second-order valence-corrected chi connectivity index (χ2v) is 8.58. The molecule has 0 bridgehead atoms. The zero-order valence-corrected chi connectivity index (χ0v) is 20.7. The van der Waals surface area contributed by atoms with E-state index in [1.807, 2.05) is 25.3 Å². The summed E-state index contributed by atoms with van der Waals surface area (Å²) in [4.78, 5) is 7.04. The van der Waals surface area contributed by atoms with Crippen LogP contribution in [0.5, 0.6) is 11.5 Å². The van der Waals surface area contributed by atoms with Gasteiger partial charge >= 0.3 is 0 Å². The second-order valence-electron chi connectivity index (χ2n) is 8.58. The van der Waals surface area contributed by atoms with Crippen molar-refractivity contribution in [1.82, 2.24) is 0 Å². The summed E-state index contributed by atoms with van der Waals surface area (Å²) in [6.07, 6.45) is 4.44. The lowest BCUT2D eigenvalue weighted by Gasteiger charge is -2.28. The Labute approximate surface area is 208 Å². The maximum Gasteiger partial charge on any atom is 0.165 e. The van der Waals surface area contributed by atoms with Gasteiger partial charge < -0.3 is 19.1 Å². The minimum atomic E-state index is 0.480. The molecule has 1 aliphatic heterocycles. The highest BCUT2D eigenvalue weighted by Gasteiger charge is 2.14. The molecule has 3 aromatic carbocycles. The van der Waals surface area contributed by atoms with Crippen molar-refractivity contribution < 1.29 is 14.2 Å². The summed E-state index contributed by atoms with van der Waals surface area (Å²) < 4.78 is 17.7. The molecule has 35 heavy (non-hydrogen) atoms. The van der Waals surface area contributed by atoms with Crippen LogP contribution >= 0.6 is 0 Å². The van der Waals surface area contributed by atoms with Crippen LogP contribution in [0.25, 0.3) is 0 Å². The molecule has 0 amide bonds. The van der Waals surface area contributed by atoms with Crippen LogP contribution in [-0.2, 0) is 17.8 Å². The van der Waals surface area contributed by atoms with Crippen LogP contribution in [0.1, 0.15) is 29.2 Å². The van der Waals surface area contributed by atoms with Gasteiger partial charge in [0.1, 0.15) is 6.61 Å². The minimum Gasteiger partial charge on any atom is -0.490 e. The summed E-state index contributed by atoms with van der Waals surface area (Å²) in [5.74, 6) is 1.49. The van der Waals surface area contributed by atoms with Gasteiger partial charge in [-0.1, -0.05) is 35.9 Å². The van der Waals surface area contributed by atoms with E-state index in [0.29, 0.717) is 19.6 Å². The van der Waals surface area contributed by atoms with E-state index in [2.05, 4.69) is 73.0 Å². The molecule has 1 aliphatic rings. The first-order valence-corrected chi connectivity index (χ1v) is 12.2. The fourth-order valence-electron chi connectivity index (χ4n) is 4.05. The number of aliphatic imine (C=N–C) groups is 1. The monoisotopic (exact) mass is 470 g/mol. The SMILES string of the molecule is C=CCc1cc(C=Nc2ccc(N3CCOCC3)cc2)cc(OCC)c1OCc1ccc(C)cc1. The highest BCUT2D eigenvalue weighted by Crippen LogP contribution is 2.34. The molecule has 182 valence electrons. The molecular weight excluding hydrogens is 436 g/mol. The van der Waals surface area contributed by atoms with E-state index in [9.17, 15) is 0 Å². The Morgan fingerprint density at radius 2 is 1.74 bits per heavy atom. The lowest BCUT2D eigenvalue weighted by Crippen LogP contribution is -2.36. The van der Waals surface area contributed by atoms with Gasteiger partial charge in [0.2, 0.25) is 0 Å². The number of allylic oxidation sites excluding steroid dienone is 1. The molecule has 0 atom stereocenters. The van der Waals surface area contributed by atoms with E-state index in [-0.39, 0.29) is 0 Å². The van der Waals surface area contributed by atoms with Crippen LogP contribution in [0.3, 0.4) is 0 Å². The topological polar surface area (TPSA) is 43.3 Å². The smallest absolute Gasteiger partial charge is 0.165 e. The van der Waals surface area contributed by atoms with Crippen LogP contribution < -0.4 is 14.4 Å². The lowest BCUT2D eigenvalue weighted by molar-refractivity contribution is 0.122. The van der Waals surface area contributed by atoms with Crippen molar-refractivity contribution in [1.29, 1.82) is 0 Å². The van der Waals surface area contributed by atoms with Gasteiger partial charge in [0.25, 0.3) is 0 Å². The fourth-order valence-corrected chi connectivity index (χ4v) is 4.05. The Bertz CT molecular complexity index is 1130. The Morgan fingerprint density at radius 1 is 1.00 bits per heavy atom. The van der Waals surface area contributed by atoms with Gasteiger partial charge in [0.15, 0.2) is 11.5 Å². The van der Waals surface area contributed by atoms with Crippen molar-refractivity contribution in [2.24, 2.45) is 4.99 Å². The maximum atomic E-state index is 6.26. The molecule has 3 aromatic rings. The molecule has 0 N–H and O–H groups in total. The van der Waals surface area contributed by atoms with Crippen LogP contribution in [0, 0.1) is 6.92 Å². The predicted octanol–water partition coefficient (Wildman–Crippen LogP) is 6.29. The van der Waals surface area contributed by atoms with Crippen molar-refractivity contribution in [3.8, 4) is 11.5 Å². The third kappa shape index (κ3) is 6.74. The summed E-state index contributed by atoms with van der Waals surface area (Å²) in [6, 6.07) is 20.8.